The molecule has 0 radical (unpaired) electrons. The van der Waals surface area contributed by atoms with E-state index in [0.29, 0.717) is 12.5 Å². The highest BCUT2D eigenvalue weighted by molar-refractivity contribution is 5.35. The summed E-state index contributed by atoms with van der Waals surface area (Å²) in [7, 11) is 0. The number of hydrogen-bond acceptors (Lipinski definition) is 2. The molecule has 0 fully saturated rings. The van der Waals surface area contributed by atoms with Gasteiger partial charge in [-0.3, -0.25) is 0 Å². The summed E-state index contributed by atoms with van der Waals surface area (Å²) in [6, 6.07) is 6.58. The van der Waals surface area contributed by atoms with Gasteiger partial charge in [0.2, 0.25) is 0 Å². The second-order valence-electron chi connectivity index (χ2n) is 5.94. The van der Waals surface area contributed by atoms with Crippen molar-refractivity contribution >= 4 is 0 Å². The zero-order valence-electron chi connectivity index (χ0n) is 11.7. The van der Waals surface area contributed by atoms with Gasteiger partial charge in [0, 0.05) is 6.04 Å². The Balaban J connectivity index is 3.16. The predicted octanol–water partition coefficient (Wildman–Crippen LogP) is 3.10. The van der Waals surface area contributed by atoms with Crippen LogP contribution in [0.5, 0.6) is 0 Å². The van der Waals surface area contributed by atoms with Crippen LogP contribution in [0.15, 0.2) is 18.2 Å². The van der Waals surface area contributed by atoms with Crippen molar-refractivity contribution in [2.45, 2.75) is 46.6 Å². The van der Waals surface area contributed by atoms with E-state index in [9.17, 15) is 0 Å². The van der Waals surface area contributed by atoms with Gasteiger partial charge in [-0.15, -0.1) is 0 Å². The molecule has 0 saturated carbocycles. The Morgan fingerprint density at radius 1 is 1.24 bits per heavy atom. The fourth-order valence-corrected chi connectivity index (χ4v) is 1.90. The van der Waals surface area contributed by atoms with Crippen LogP contribution in [0.2, 0.25) is 0 Å². The van der Waals surface area contributed by atoms with E-state index in [-0.39, 0.29) is 11.5 Å². The Hall–Kier alpha value is -0.860. The van der Waals surface area contributed by atoms with Crippen molar-refractivity contribution in [1.82, 2.24) is 0 Å². The molecule has 96 valence electrons. The highest BCUT2D eigenvalue weighted by Gasteiger charge is 2.27. The van der Waals surface area contributed by atoms with Crippen molar-refractivity contribution in [2.75, 3.05) is 6.54 Å². The van der Waals surface area contributed by atoms with E-state index >= 15 is 0 Å². The van der Waals surface area contributed by atoms with Gasteiger partial charge < -0.3 is 11.5 Å². The maximum Gasteiger partial charge on any atom is 0.0361 e. The van der Waals surface area contributed by atoms with Crippen molar-refractivity contribution in [2.24, 2.45) is 16.9 Å². The van der Waals surface area contributed by atoms with Crippen LogP contribution < -0.4 is 11.5 Å². The SMILES string of the molecule is Cc1ccc(C(C)C)cc1C(N)C(C)(C)CN. The Bertz CT molecular complexity index is 381. The number of rotatable bonds is 4. The molecule has 0 bridgehead atoms. The molecule has 0 aliphatic rings. The summed E-state index contributed by atoms with van der Waals surface area (Å²) >= 11 is 0. The molecule has 1 rings (SSSR count). The molecule has 0 heterocycles. The molecular formula is C15H26N2. The van der Waals surface area contributed by atoms with Crippen molar-refractivity contribution in [3.8, 4) is 0 Å². The lowest BCUT2D eigenvalue weighted by atomic mass is 9.79. The van der Waals surface area contributed by atoms with Crippen molar-refractivity contribution in [3.63, 3.8) is 0 Å². The molecule has 4 N–H and O–H groups in total. The monoisotopic (exact) mass is 234 g/mol. The third-order valence-electron chi connectivity index (χ3n) is 3.67. The van der Waals surface area contributed by atoms with Crippen LogP contribution in [-0.2, 0) is 0 Å². The molecule has 0 aliphatic carbocycles. The van der Waals surface area contributed by atoms with Crippen LogP contribution in [0.1, 0.15) is 56.3 Å². The van der Waals surface area contributed by atoms with Crippen LogP contribution in [0.4, 0.5) is 0 Å². The summed E-state index contributed by atoms with van der Waals surface area (Å²) in [5.74, 6) is 0.530. The first-order valence-electron chi connectivity index (χ1n) is 6.35. The molecule has 1 atom stereocenters. The summed E-state index contributed by atoms with van der Waals surface area (Å²) in [4.78, 5) is 0. The van der Waals surface area contributed by atoms with E-state index in [1.165, 1.54) is 16.7 Å². The van der Waals surface area contributed by atoms with Gasteiger partial charge in [0.1, 0.15) is 0 Å². The lowest BCUT2D eigenvalue weighted by molar-refractivity contribution is 0.300. The third-order valence-corrected chi connectivity index (χ3v) is 3.67. The minimum Gasteiger partial charge on any atom is -0.330 e. The van der Waals surface area contributed by atoms with Gasteiger partial charge in [0.25, 0.3) is 0 Å². The Kier molecular flexibility index (Phi) is 4.34. The normalized spacial score (nSPS) is 14.1. The average Bonchev–Trinajstić information content (AvgIpc) is 2.28. The molecule has 1 aromatic carbocycles. The van der Waals surface area contributed by atoms with Crippen LogP contribution in [0.3, 0.4) is 0 Å². The second kappa shape index (κ2) is 5.19. The first kappa shape index (κ1) is 14.2. The van der Waals surface area contributed by atoms with Gasteiger partial charge in [0.05, 0.1) is 0 Å². The van der Waals surface area contributed by atoms with E-state index in [2.05, 4.69) is 52.8 Å². The molecule has 1 aromatic rings. The van der Waals surface area contributed by atoms with Crippen molar-refractivity contribution < 1.29 is 0 Å². The smallest absolute Gasteiger partial charge is 0.0361 e. The largest absolute Gasteiger partial charge is 0.330 e. The van der Waals surface area contributed by atoms with E-state index in [1.54, 1.807) is 0 Å². The third kappa shape index (κ3) is 3.08. The van der Waals surface area contributed by atoms with E-state index in [4.69, 9.17) is 11.5 Å². The molecule has 0 amide bonds. The first-order chi connectivity index (χ1) is 7.79. The summed E-state index contributed by atoms with van der Waals surface area (Å²) in [6.45, 7) is 11.4. The van der Waals surface area contributed by atoms with Crippen LogP contribution in [0, 0.1) is 12.3 Å². The Morgan fingerprint density at radius 2 is 1.82 bits per heavy atom. The highest BCUT2D eigenvalue weighted by atomic mass is 14.7. The number of hydrogen-bond donors (Lipinski definition) is 2. The van der Waals surface area contributed by atoms with E-state index in [0.717, 1.165) is 0 Å². The fourth-order valence-electron chi connectivity index (χ4n) is 1.90. The van der Waals surface area contributed by atoms with Gasteiger partial charge in [-0.1, -0.05) is 45.9 Å². The number of benzene rings is 1. The molecular weight excluding hydrogens is 208 g/mol. The molecule has 1 unspecified atom stereocenters. The molecule has 0 saturated heterocycles. The number of aryl methyl sites for hydroxylation is 1. The van der Waals surface area contributed by atoms with Gasteiger partial charge in [-0.05, 0) is 41.5 Å². The molecule has 0 aliphatic heterocycles. The fraction of sp³-hybridized carbons (Fsp3) is 0.600. The maximum atomic E-state index is 6.37. The zero-order valence-corrected chi connectivity index (χ0v) is 11.7. The lowest BCUT2D eigenvalue weighted by Crippen LogP contribution is -2.36. The molecule has 0 aromatic heterocycles. The van der Waals surface area contributed by atoms with E-state index < -0.39 is 0 Å². The van der Waals surface area contributed by atoms with Crippen LogP contribution in [-0.4, -0.2) is 6.54 Å². The number of nitrogens with two attached hydrogens (primary N) is 2. The highest BCUT2D eigenvalue weighted by Crippen LogP contribution is 2.33. The molecule has 17 heavy (non-hydrogen) atoms. The van der Waals surface area contributed by atoms with Gasteiger partial charge in [0.15, 0.2) is 0 Å². The zero-order chi connectivity index (χ0) is 13.2. The second-order valence-corrected chi connectivity index (χ2v) is 5.94. The maximum absolute atomic E-state index is 6.37. The van der Waals surface area contributed by atoms with Gasteiger partial charge in [-0.25, -0.2) is 0 Å². The topological polar surface area (TPSA) is 52.0 Å². The van der Waals surface area contributed by atoms with Crippen LogP contribution >= 0.6 is 0 Å². The van der Waals surface area contributed by atoms with Crippen molar-refractivity contribution in [3.05, 3.63) is 34.9 Å². The summed E-state index contributed by atoms with van der Waals surface area (Å²) < 4.78 is 0. The Labute approximate surface area is 105 Å². The van der Waals surface area contributed by atoms with Gasteiger partial charge >= 0.3 is 0 Å². The van der Waals surface area contributed by atoms with Crippen molar-refractivity contribution in [1.29, 1.82) is 0 Å². The van der Waals surface area contributed by atoms with E-state index in [1.807, 2.05) is 0 Å². The standard InChI is InChI=1S/C15H26N2/c1-10(2)12-7-6-11(3)13(8-12)14(17)15(4,5)9-16/h6-8,10,14H,9,16-17H2,1-5H3. The summed E-state index contributed by atoms with van der Waals surface area (Å²) in [5.41, 5.74) is 15.9. The quantitative estimate of drug-likeness (QED) is 0.841. The molecule has 0 spiro atoms. The average molecular weight is 234 g/mol. The Morgan fingerprint density at radius 3 is 2.29 bits per heavy atom. The van der Waals surface area contributed by atoms with Gasteiger partial charge in [-0.2, -0.15) is 0 Å². The molecule has 2 heteroatoms. The summed E-state index contributed by atoms with van der Waals surface area (Å²) in [5, 5.41) is 0. The minimum atomic E-state index is -0.0691. The predicted molar refractivity (Wildman–Crippen MR) is 75.0 cm³/mol. The minimum absolute atomic E-state index is 0.00815. The summed E-state index contributed by atoms with van der Waals surface area (Å²) in [6.07, 6.45) is 0. The van der Waals surface area contributed by atoms with Crippen LogP contribution in [0.25, 0.3) is 0 Å². The lowest BCUT2D eigenvalue weighted by Gasteiger charge is -2.32. The molecule has 2 nitrogen and oxygen atoms in total. The first-order valence-corrected chi connectivity index (χ1v) is 6.35.